The Kier molecular flexibility index (Phi) is 4.04. The highest BCUT2D eigenvalue weighted by Gasteiger charge is 2.33. The zero-order valence-electron chi connectivity index (χ0n) is 15.4. The van der Waals surface area contributed by atoms with Gasteiger partial charge in [-0.15, -0.1) is 20.4 Å². The summed E-state index contributed by atoms with van der Waals surface area (Å²) in [6.45, 7) is 3.78. The van der Waals surface area contributed by atoms with Crippen LogP contribution in [0.15, 0.2) is 48.8 Å². The second-order valence-corrected chi connectivity index (χ2v) is 6.79. The van der Waals surface area contributed by atoms with Crippen LogP contribution in [0.2, 0.25) is 0 Å². The molecule has 0 saturated heterocycles. The van der Waals surface area contributed by atoms with Crippen molar-refractivity contribution in [1.29, 1.82) is 0 Å². The van der Waals surface area contributed by atoms with Gasteiger partial charge in [-0.05, 0) is 36.6 Å². The van der Waals surface area contributed by atoms with E-state index < -0.39 is 0 Å². The second-order valence-electron chi connectivity index (χ2n) is 6.79. The summed E-state index contributed by atoms with van der Waals surface area (Å²) in [7, 11) is 0. The Hall–Kier alpha value is -3.62. The van der Waals surface area contributed by atoms with Crippen molar-refractivity contribution in [2.24, 2.45) is 0 Å². The predicted octanol–water partition coefficient (Wildman–Crippen LogP) is 2.16. The summed E-state index contributed by atoms with van der Waals surface area (Å²) in [6, 6.07) is 12.0. The minimum absolute atomic E-state index is 0.190. The molecule has 1 unspecified atom stereocenters. The summed E-state index contributed by atoms with van der Waals surface area (Å²) in [5.74, 6) is 2.25. The minimum atomic E-state index is -0.190. The molecule has 0 radical (unpaired) electrons. The number of nitrogens with one attached hydrogen (secondary N) is 1. The Bertz CT molecular complexity index is 1070. The third kappa shape index (κ3) is 2.72. The molecule has 0 spiro atoms. The highest BCUT2D eigenvalue weighted by atomic mass is 15.5. The van der Waals surface area contributed by atoms with Gasteiger partial charge in [0.05, 0.1) is 0 Å². The molecule has 0 bridgehead atoms. The number of anilines is 1. The van der Waals surface area contributed by atoms with Crippen LogP contribution in [-0.2, 0) is 6.54 Å². The third-order valence-corrected chi connectivity index (χ3v) is 5.09. The van der Waals surface area contributed by atoms with Crippen molar-refractivity contribution >= 4 is 5.95 Å². The van der Waals surface area contributed by atoms with Crippen LogP contribution in [0.1, 0.15) is 29.4 Å². The number of aryl methyl sites for hydroxylation is 1. The standard InChI is InChI=1S/C19H19N9/c1-13-6-2-3-8-15(13)16(17-21-25-26-22-17)27-10-5-11-28-18(23-24-19(27)28)14-7-4-9-20-12-14/h2-4,6-9,12,16H,5,10-11H2,1H3,(H,21,22,25,26). The molecule has 9 nitrogen and oxygen atoms in total. The van der Waals surface area contributed by atoms with Crippen molar-refractivity contribution in [3.63, 3.8) is 0 Å². The average Bonchev–Trinajstić information content (AvgIpc) is 3.41. The van der Waals surface area contributed by atoms with Crippen LogP contribution >= 0.6 is 0 Å². The topological polar surface area (TPSA) is 101 Å². The maximum Gasteiger partial charge on any atom is 0.228 e. The van der Waals surface area contributed by atoms with E-state index in [9.17, 15) is 0 Å². The molecule has 1 aliphatic heterocycles. The zero-order chi connectivity index (χ0) is 18.9. The molecule has 1 aliphatic rings. The molecule has 140 valence electrons. The van der Waals surface area contributed by atoms with Crippen LogP contribution in [0.4, 0.5) is 5.95 Å². The molecule has 4 aromatic rings. The molecule has 1 N–H and O–H groups in total. The molecule has 3 aromatic heterocycles. The van der Waals surface area contributed by atoms with E-state index in [1.165, 1.54) is 5.56 Å². The van der Waals surface area contributed by atoms with Gasteiger partial charge in [0, 0.05) is 31.0 Å². The van der Waals surface area contributed by atoms with Gasteiger partial charge in [0.25, 0.3) is 0 Å². The smallest absolute Gasteiger partial charge is 0.228 e. The van der Waals surface area contributed by atoms with E-state index in [-0.39, 0.29) is 6.04 Å². The van der Waals surface area contributed by atoms with Gasteiger partial charge in [0.1, 0.15) is 6.04 Å². The van der Waals surface area contributed by atoms with Crippen LogP contribution in [-0.4, -0.2) is 46.9 Å². The van der Waals surface area contributed by atoms with Crippen LogP contribution in [0.25, 0.3) is 11.4 Å². The van der Waals surface area contributed by atoms with Gasteiger partial charge >= 0.3 is 0 Å². The lowest BCUT2D eigenvalue weighted by molar-refractivity contribution is 0.522. The van der Waals surface area contributed by atoms with Gasteiger partial charge < -0.3 is 4.90 Å². The summed E-state index contributed by atoms with van der Waals surface area (Å²) in [5, 5.41) is 23.9. The lowest BCUT2D eigenvalue weighted by atomic mass is 9.99. The fourth-order valence-electron chi connectivity index (χ4n) is 3.79. The Balaban J connectivity index is 1.63. The van der Waals surface area contributed by atoms with Crippen molar-refractivity contribution in [2.75, 3.05) is 11.4 Å². The molecule has 28 heavy (non-hydrogen) atoms. The normalized spacial score (nSPS) is 14.7. The highest BCUT2D eigenvalue weighted by Crippen LogP contribution is 2.35. The second kappa shape index (κ2) is 6.84. The number of hydrogen-bond donors (Lipinski definition) is 1. The molecular formula is C19H19N9. The zero-order valence-corrected chi connectivity index (χ0v) is 15.4. The quantitative estimate of drug-likeness (QED) is 0.585. The number of aromatic nitrogens is 8. The largest absolute Gasteiger partial charge is 0.326 e. The number of hydrogen-bond acceptors (Lipinski definition) is 7. The molecule has 5 rings (SSSR count). The van der Waals surface area contributed by atoms with Crippen LogP contribution < -0.4 is 4.90 Å². The molecule has 9 heteroatoms. The molecule has 1 aromatic carbocycles. The summed E-state index contributed by atoms with van der Waals surface area (Å²) >= 11 is 0. The molecule has 0 amide bonds. The minimum Gasteiger partial charge on any atom is -0.326 e. The third-order valence-electron chi connectivity index (χ3n) is 5.09. The highest BCUT2D eigenvalue weighted by molar-refractivity contribution is 5.57. The summed E-state index contributed by atoms with van der Waals surface area (Å²) in [5.41, 5.74) is 3.25. The lowest BCUT2D eigenvalue weighted by Crippen LogP contribution is -2.37. The molecule has 1 atom stereocenters. The fourth-order valence-corrected chi connectivity index (χ4v) is 3.79. The van der Waals surface area contributed by atoms with Crippen molar-refractivity contribution < 1.29 is 0 Å². The Morgan fingerprint density at radius 3 is 2.75 bits per heavy atom. The van der Waals surface area contributed by atoms with E-state index in [1.54, 1.807) is 6.20 Å². The maximum atomic E-state index is 4.53. The molecule has 0 saturated carbocycles. The number of tetrazole rings is 1. The van der Waals surface area contributed by atoms with Crippen molar-refractivity contribution in [2.45, 2.75) is 25.9 Å². The number of nitrogens with zero attached hydrogens (tertiary/aromatic N) is 8. The SMILES string of the molecule is Cc1ccccc1C(c1nn[nH]n1)N1CCCn2c(-c3cccnc3)nnc21. The Labute approximate surface area is 161 Å². The number of aromatic amines is 1. The summed E-state index contributed by atoms with van der Waals surface area (Å²) in [6.07, 6.45) is 4.54. The first-order chi connectivity index (χ1) is 13.8. The molecule has 0 aliphatic carbocycles. The van der Waals surface area contributed by atoms with E-state index in [4.69, 9.17) is 0 Å². The van der Waals surface area contributed by atoms with Crippen LogP contribution in [0.3, 0.4) is 0 Å². The van der Waals surface area contributed by atoms with E-state index in [2.05, 4.69) is 64.3 Å². The molecule has 0 fully saturated rings. The monoisotopic (exact) mass is 373 g/mol. The summed E-state index contributed by atoms with van der Waals surface area (Å²) in [4.78, 5) is 6.43. The average molecular weight is 373 g/mol. The van der Waals surface area contributed by atoms with Gasteiger partial charge in [0.2, 0.25) is 11.8 Å². The maximum absolute atomic E-state index is 4.53. The van der Waals surface area contributed by atoms with Gasteiger partial charge in [-0.3, -0.25) is 9.55 Å². The summed E-state index contributed by atoms with van der Waals surface area (Å²) < 4.78 is 2.14. The number of H-pyrrole nitrogens is 1. The van der Waals surface area contributed by atoms with E-state index in [1.807, 2.05) is 30.5 Å². The van der Waals surface area contributed by atoms with E-state index in [0.29, 0.717) is 5.82 Å². The number of rotatable bonds is 4. The fraction of sp³-hybridized carbons (Fsp3) is 0.263. The Morgan fingerprint density at radius 1 is 1.04 bits per heavy atom. The van der Waals surface area contributed by atoms with Gasteiger partial charge in [-0.1, -0.05) is 29.5 Å². The van der Waals surface area contributed by atoms with Gasteiger partial charge in [-0.2, -0.15) is 5.21 Å². The first-order valence-electron chi connectivity index (χ1n) is 9.22. The predicted molar refractivity (Wildman–Crippen MR) is 102 cm³/mol. The van der Waals surface area contributed by atoms with Crippen molar-refractivity contribution in [3.8, 4) is 11.4 Å². The number of fused-ring (bicyclic) bond motifs is 1. The molecular weight excluding hydrogens is 354 g/mol. The Morgan fingerprint density at radius 2 is 1.96 bits per heavy atom. The van der Waals surface area contributed by atoms with Crippen molar-refractivity contribution in [3.05, 3.63) is 65.7 Å². The van der Waals surface area contributed by atoms with E-state index >= 15 is 0 Å². The molecule has 4 heterocycles. The van der Waals surface area contributed by atoms with Gasteiger partial charge in [-0.25, -0.2) is 0 Å². The lowest BCUT2D eigenvalue weighted by Gasteiger charge is -2.35. The number of benzene rings is 1. The number of pyridine rings is 1. The first kappa shape index (κ1) is 16.5. The van der Waals surface area contributed by atoms with E-state index in [0.717, 1.165) is 42.4 Å². The van der Waals surface area contributed by atoms with Crippen LogP contribution in [0, 0.1) is 6.92 Å². The van der Waals surface area contributed by atoms with Gasteiger partial charge in [0.15, 0.2) is 5.82 Å². The first-order valence-corrected chi connectivity index (χ1v) is 9.22. The van der Waals surface area contributed by atoms with Crippen molar-refractivity contribution in [1.82, 2.24) is 40.4 Å². The van der Waals surface area contributed by atoms with Crippen LogP contribution in [0.5, 0.6) is 0 Å².